The van der Waals surface area contributed by atoms with Gasteiger partial charge in [0.2, 0.25) is 5.91 Å². The van der Waals surface area contributed by atoms with E-state index in [2.05, 4.69) is 26.1 Å². The van der Waals surface area contributed by atoms with Crippen LogP contribution in [0.5, 0.6) is 0 Å². The highest BCUT2D eigenvalue weighted by Gasteiger charge is 2.13. The molecule has 3 N–H and O–H groups in total. The van der Waals surface area contributed by atoms with Crippen LogP contribution in [-0.2, 0) is 4.79 Å². The van der Waals surface area contributed by atoms with Crippen molar-refractivity contribution in [3.05, 3.63) is 0 Å². The first-order valence-corrected chi connectivity index (χ1v) is 4.57. The Hall–Kier alpha value is -0.570. The molecule has 0 aliphatic rings. The fraction of sp³-hybridized carbons (Fsp3) is 0.889. The second-order valence-electron chi connectivity index (χ2n) is 3.43. The van der Waals surface area contributed by atoms with Crippen LogP contribution in [0, 0.1) is 11.8 Å². The van der Waals surface area contributed by atoms with Gasteiger partial charge in [0.1, 0.15) is 0 Å². The molecule has 0 aromatic rings. The molecular formula is C9H20N2O. The Balaban J connectivity index is 3.60. The lowest BCUT2D eigenvalue weighted by Gasteiger charge is -2.18. The Morgan fingerprint density at radius 2 is 2.00 bits per heavy atom. The first kappa shape index (κ1) is 11.4. The smallest absolute Gasteiger partial charge is 0.217 e. The number of hydrogen-bond donors (Lipinski definition) is 2. The van der Waals surface area contributed by atoms with Crippen molar-refractivity contribution in [1.29, 1.82) is 0 Å². The number of carbonyl (C=O) groups is 1. The standard InChI is InChI=1S/C9H20N2O/c1-4-11-6-8(3)7(2)5-9(10)12/h7-8,11H,4-6H2,1-3H3,(H2,10,12). The van der Waals surface area contributed by atoms with Gasteiger partial charge in [-0.3, -0.25) is 4.79 Å². The molecule has 0 spiro atoms. The van der Waals surface area contributed by atoms with Crippen LogP contribution in [0.3, 0.4) is 0 Å². The highest BCUT2D eigenvalue weighted by molar-refractivity contribution is 5.73. The molecule has 3 nitrogen and oxygen atoms in total. The number of nitrogens with two attached hydrogens (primary N) is 1. The molecule has 2 unspecified atom stereocenters. The third kappa shape index (κ3) is 5.13. The van der Waals surface area contributed by atoms with Crippen LogP contribution in [0.15, 0.2) is 0 Å². The lowest BCUT2D eigenvalue weighted by atomic mass is 9.92. The van der Waals surface area contributed by atoms with Gasteiger partial charge >= 0.3 is 0 Å². The number of amides is 1. The van der Waals surface area contributed by atoms with Crippen molar-refractivity contribution in [2.75, 3.05) is 13.1 Å². The van der Waals surface area contributed by atoms with E-state index < -0.39 is 0 Å². The maximum absolute atomic E-state index is 10.6. The Labute approximate surface area is 74.7 Å². The highest BCUT2D eigenvalue weighted by atomic mass is 16.1. The minimum atomic E-state index is -0.203. The summed E-state index contributed by atoms with van der Waals surface area (Å²) in [6.07, 6.45) is 0.493. The average molecular weight is 172 g/mol. The van der Waals surface area contributed by atoms with E-state index in [9.17, 15) is 4.79 Å². The lowest BCUT2D eigenvalue weighted by Crippen LogP contribution is -2.27. The van der Waals surface area contributed by atoms with Crippen LogP contribution < -0.4 is 11.1 Å². The lowest BCUT2D eigenvalue weighted by molar-refractivity contribution is -0.119. The first-order valence-electron chi connectivity index (χ1n) is 4.57. The molecule has 0 saturated carbocycles. The maximum Gasteiger partial charge on any atom is 0.217 e. The van der Waals surface area contributed by atoms with Gasteiger partial charge in [-0.05, 0) is 24.9 Å². The predicted molar refractivity (Wildman–Crippen MR) is 50.7 cm³/mol. The fourth-order valence-electron chi connectivity index (χ4n) is 1.09. The van der Waals surface area contributed by atoms with Crippen molar-refractivity contribution < 1.29 is 4.79 Å². The second-order valence-corrected chi connectivity index (χ2v) is 3.43. The van der Waals surface area contributed by atoms with Gasteiger partial charge in [-0.2, -0.15) is 0 Å². The summed E-state index contributed by atoms with van der Waals surface area (Å²) in [6, 6.07) is 0. The van der Waals surface area contributed by atoms with Gasteiger partial charge < -0.3 is 11.1 Å². The van der Waals surface area contributed by atoms with E-state index in [1.165, 1.54) is 0 Å². The summed E-state index contributed by atoms with van der Waals surface area (Å²) in [5.74, 6) is 0.685. The molecule has 12 heavy (non-hydrogen) atoms. The monoisotopic (exact) mass is 172 g/mol. The molecule has 0 aromatic carbocycles. The molecule has 0 bridgehead atoms. The largest absolute Gasteiger partial charge is 0.370 e. The molecular weight excluding hydrogens is 152 g/mol. The first-order chi connectivity index (χ1) is 5.57. The summed E-state index contributed by atoms with van der Waals surface area (Å²) >= 11 is 0. The Kier molecular flexibility index (Phi) is 5.72. The van der Waals surface area contributed by atoms with Gasteiger partial charge in [-0.1, -0.05) is 20.8 Å². The third-order valence-electron chi connectivity index (χ3n) is 2.21. The van der Waals surface area contributed by atoms with E-state index in [0.717, 1.165) is 13.1 Å². The van der Waals surface area contributed by atoms with Crippen molar-refractivity contribution in [2.24, 2.45) is 17.6 Å². The molecule has 0 rings (SSSR count). The molecule has 0 aliphatic carbocycles. The SMILES string of the molecule is CCNCC(C)C(C)CC(N)=O. The van der Waals surface area contributed by atoms with E-state index in [0.29, 0.717) is 18.3 Å². The van der Waals surface area contributed by atoms with Gasteiger partial charge in [0.15, 0.2) is 0 Å². The zero-order valence-electron chi connectivity index (χ0n) is 8.26. The predicted octanol–water partition coefficient (Wildman–Crippen LogP) is 0.743. The molecule has 0 heterocycles. The molecule has 3 heteroatoms. The normalized spacial score (nSPS) is 15.6. The molecule has 72 valence electrons. The molecule has 0 fully saturated rings. The zero-order valence-corrected chi connectivity index (χ0v) is 8.26. The third-order valence-corrected chi connectivity index (χ3v) is 2.21. The average Bonchev–Trinajstić information content (AvgIpc) is 1.98. The summed E-state index contributed by atoms with van der Waals surface area (Å²) in [7, 11) is 0. The number of carbonyl (C=O) groups excluding carboxylic acids is 1. The van der Waals surface area contributed by atoms with Crippen LogP contribution in [0.2, 0.25) is 0 Å². The minimum absolute atomic E-state index is 0.203. The van der Waals surface area contributed by atoms with E-state index in [1.54, 1.807) is 0 Å². The van der Waals surface area contributed by atoms with E-state index in [-0.39, 0.29) is 5.91 Å². The van der Waals surface area contributed by atoms with E-state index >= 15 is 0 Å². The summed E-state index contributed by atoms with van der Waals surface area (Å²) in [4.78, 5) is 10.6. The van der Waals surface area contributed by atoms with Gasteiger partial charge in [-0.25, -0.2) is 0 Å². The maximum atomic E-state index is 10.6. The van der Waals surface area contributed by atoms with Crippen LogP contribution in [0.4, 0.5) is 0 Å². The van der Waals surface area contributed by atoms with Crippen molar-refractivity contribution in [1.82, 2.24) is 5.32 Å². The van der Waals surface area contributed by atoms with Crippen molar-refractivity contribution >= 4 is 5.91 Å². The van der Waals surface area contributed by atoms with Gasteiger partial charge in [0, 0.05) is 6.42 Å². The van der Waals surface area contributed by atoms with E-state index in [1.807, 2.05) is 0 Å². The molecule has 1 amide bonds. The fourth-order valence-corrected chi connectivity index (χ4v) is 1.09. The summed E-state index contributed by atoms with van der Waals surface area (Å²) in [5, 5.41) is 3.25. The number of primary amides is 1. The summed E-state index contributed by atoms with van der Waals surface area (Å²) < 4.78 is 0. The van der Waals surface area contributed by atoms with Gasteiger partial charge in [0.25, 0.3) is 0 Å². The second kappa shape index (κ2) is 6.00. The molecule has 0 aromatic heterocycles. The van der Waals surface area contributed by atoms with Crippen LogP contribution in [0.25, 0.3) is 0 Å². The Morgan fingerprint density at radius 1 is 1.42 bits per heavy atom. The summed E-state index contributed by atoms with van der Waals surface area (Å²) in [5.41, 5.74) is 5.10. The van der Waals surface area contributed by atoms with Crippen LogP contribution in [0.1, 0.15) is 27.2 Å². The van der Waals surface area contributed by atoms with Crippen LogP contribution in [-0.4, -0.2) is 19.0 Å². The number of rotatable bonds is 6. The Bertz CT molecular complexity index is 136. The van der Waals surface area contributed by atoms with Gasteiger partial charge in [0.05, 0.1) is 0 Å². The minimum Gasteiger partial charge on any atom is -0.370 e. The van der Waals surface area contributed by atoms with Crippen LogP contribution >= 0.6 is 0 Å². The molecule has 0 aliphatic heterocycles. The van der Waals surface area contributed by atoms with E-state index in [4.69, 9.17) is 5.73 Å². The zero-order chi connectivity index (χ0) is 9.56. The molecule has 0 radical (unpaired) electrons. The van der Waals surface area contributed by atoms with Gasteiger partial charge in [-0.15, -0.1) is 0 Å². The number of hydrogen-bond acceptors (Lipinski definition) is 2. The van der Waals surface area contributed by atoms with Crippen molar-refractivity contribution in [2.45, 2.75) is 27.2 Å². The summed E-state index contributed by atoms with van der Waals surface area (Å²) in [6.45, 7) is 8.22. The molecule has 0 saturated heterocycles. The highest BCUT2D eigenvalue weighted by Crippen LogP contribution is 2.13. The topological polar surface area (TPSA) is 55.1 Å². The Morgan fingerprint density at radius 3 is 2.42 bits per heavy atom. The van der Waals surface area contributed by atoms with Crippen molar-refractivity contribution in [3.8, 4) is 0 Å². The molecule has 2 atom stereocenters. The number of nitrogens with one attached hydrogen (secondary N) is 1. The quantitative estimate of drug-likeness (QED) is 0.621. The van der Waals surface area contributed by atoms with Crippen molar-refractivity contribution in [3.63, 3.8) is 0 Å².